The van der Waals surface area contributed by atoms with Crippen molar-refractivity contribution in [3.8, 4) is 0 Å². The summed E-state index contributed by atoms with van der Waals surface area (Å²) in [6.07, 6.45) is 0.793. The highest BCUT2D eigenvalue weighted by atomic mass is 16.4. The number of carbonyl (C=O) groups excluding carboxylic acids is 1. The van der Waals surface area contributed by atoms with Gasteiger partial charge in [-0.15, -0.1) is 0 Å². The second kappa shape index (κ2) is 5.85. The molecule has 0 spiro atoms. The van der Waals surface area contributed by atoms with E-state index >= 15 is 0 Å². The predicted octanol–water partition coefficient (Wildman–Crippen LogP) is 0.636. The van der Waals surface area contributed by atoms with Crippen LogP contribution in [0.3, 0.4) is 0 Å². The number of aliphatic carboxylic acids is 2. The summed E-state index contributed by atoms with van der Waals surface area (Å²) >= 11 is 0. The molecule has 3 N–H and O–H groups in total. The van der Waals surface area contributed by atoms with Crippen molar-refractivity contribution < 1.29 is 29.0 Å². The molecule has 0 bridgehead atoms. The zero-order chi connectivity index (χ0) is 13.7. The highest BCUT2D eigenvalue weighted by Crippen LogP contribution is 2.09. The summed E-state index contributed by atoms with van der Waals surface area (Å²) in [6.45, 7) is 1.64. The smallest absolute Gasteiger partial charge is 0.326 e. The maximum atomic E-state index is 11.7. The highest BCUT2D eigenvalue weighted by Gasteiger charge is 2.23. The Morgan fingerprint density at radius 3 is 2.50 bits per heavy atom. The molecule has 0 saturated carbocycles. The van der Waals surface area contributed by atoms with Gasteiger partial charge in [0, 0.05) is 12.0 Å². The molecule has 0 aliphatic rings. The van der Waals surface area contributed by atoms with Crippen LogP contribution in [0.2, 0.25) is 0 Å². The number of carboxylic acid groups (broad SMARTS) is 2. The lowest BCUT2D eigenvalue weighted by atomic mass is 10.1. The van der Waals surface area contributed by atoms with Crippen molar-refractivity contribution in [1.82, 2.24) is 5.32 Å². The number of hydrogen-bond donors (Lipinski definition) is 3. The Kier molecular flexibility index (Phi) is 4.47. The van der Waals surface area contributed by atoms with Gasteiger partial charge in [0.2, 0.25) is 0 Å². The maximum Gasteiger partial charge on any atom is 0.326 e. The summed E-state index contributed by atoms with van der Waals surface area (Å²) in [7, 11) is 0. The van der Waals surface area contributed by atoms with Gasteiger partial charge in [-0.05, 0) is 19.4 Å². The number of amides is 1. The van der Waals surface area contributed by atoms with Crippen molar-refractivity contribution in [3.05, 3.63) is 23.7 Å². The molecule has 0 aliphatic carbocycles. The topological polar surface area (TPSA) is 117 Å². The Morgan fingerprint density at radius 2 is 2.06 bits per heavy atom. The van der Waals surface area contributed by atoms with Gasteiger partial charge < -0.3 is 19.9 Å². The van der Waals surface area contributed by atoms with Crippen LogP contribution >= 0.6 is 0 Å². The first-order valence-corrected chi connectivity index (χ1v) is 5.21. The first-order valence-electron chi connectivity index (χ1n) is 5.21. The fourth-order valence-corrected chi connectivity index (χ4v) is 1.35. The molecule has 0 aliphatic heterocycles. The van der Waals surface area contributed by atoms with Gasteiger partial charge in [0.25, 0.3) is 5.91 Å². The Morgan fingerprint density at radius 1 is 1.39 bits per heavy atom. The van der Waals surface area contributed by atoms with Crippen LogP contribution in [0.4, 0.5) is 0 Å². The van der Waals surface area contributed by atoms with Gasteiger partial charge in [-0.1, -0.05) is 0 Å². The summed E-state index contributed by atoms with van der Waals surface area (Å²) < 4.78 is 4.91. The Balaban J connectivity index is 2.67. The van der Waals surface area contributed by atoms with Crippen molar-refractivity contribution in [2.45, 2.75) is 25.8 Å². The number of furan rings is 1. The van der Waals surface area contributed by atoms with E-state index in [0.717, 1.165) is 0 Å². The average molecular weight is 255 g/mol. The molecule has 0 radical (unpaired) electrons. The van der Waals surface area contributed by atoms with E-state index in [2.05, 4.69) is 5.32 Å². The molecular formula is C11H13NO6. The fourth-order valence-electron chi connectivity index (χ4n) is 1.35. The standard InChI is InChI=1S/C11H13NO6/c1-6-4-5-18-9(6)10(15)12-7(11(16)17)2-3-8(13)14/h4-5,7H,2-3H2,1H3,(H,12,15)(H,13,14)(H,16,17)/t7-/m0/s1. The number of carbonyl (C=O) groups is 3. The van der Waals surface area contributed by atoms with Crippen LogP contribution in [-0.4, -0.2) is 34.1 Å². The SMILES string of the molecule is Cc1ccoc1C(=O)N[C@@H](CCC(=O)O)C(=O)O. The normalized spacial score (nSPS) is 11.8. The van der Waals surface area contributed by atoms with Gasteiger partial charge in [0.05, 0.1) is 6.26 Å². The molecule has 1 rings (SSSR count). The molecule has 18 heavy (non-hydrogen) atoms. The second-order valence-electron chi connectivity index (χ2n) is 3.73. The number of aryl methyl sites for hydroxylation is 1. The summed E-state index contributed by atoms with van der Waals surface area (Å²) in [4.78, 5) is 32.9. The van der Waals surface area contributed by atoms with E-state index in [9.17, 15) is 14.4 Å². The zero-order valence-corrected chi connectivity index (χ0v) is 9.67. The van der Waals surface area contributed by atoms with E-state index in [4.69, 9.17) is 14.6 Å². The lowest BCUT2D eigenvalue weighted by Crippen LogP contribution is -2.41. The molecule has 1 aromatic heterocycles. The van der Waals surface area contributed by atoms with E-state index in [0.29, 0.717) is 5.56 Å². The molecule has 98 valence electrons. The predicted molar refractivity (Wildman–Crippen MR) is 59.2 cm³/mol. The third-order valence-electron chi connectivity index (χ3n) is 2.32. The summed E-state index contributed by atoms with van der Waals surface area (Å²) in [5.74, 6) is -3.05. The van der Waals surface area contributed by atoms with Crippen molar-refractivity contribution >= 4 is 17.8 Å². The fraction of sp³-hybridized carbons (Fsp3) is 0.364. The van der Waals surface area contributed by atoms with Crippen LogP contribution in [0.5, 0.6) is 0 Å². The van der Waals surface area contributed by atoms with Crippen LogP contribution < -0.4 is 5.32 Å². The number of carboxylic acids is 2. The third-order valence-corrected chi connectivity index (χ3v) is 2.32. The van der Waals surface area contributed by atoms with Gasteiger partial charge in [-0.2, -0.15) is 0 Å². The summed E-state index contributed by atoms with van der Waals surface area (Å²) in [5.41, 5.74) is 0.579. The van der Waals surface area contributed by atoms with Gasteiger partial charge in [0.1, 0.15) is 6.04 Å². The maximum absolute atomic E-state index is 11.7. The molecule has 1 amide bonds. The minimum Gasteiger partial charge on any atom is -0.481 e. The first kappa shape index (κ1) is 13.8. The molecule has 0 saturated heterocycles. The first-order chi connectivity index (χ1) is 8.41. The van der Waals surface area contributed by atoms with E-state index in [-0.39, 0.29) is 18.6 Å². The molecule has 0 fully saturated rings. The quantitative estimate of drug-likeness (QED) is 0.686. The van der Waals surface area contributed by atoms with Gasteiger partial charge in [0.15, 0.2) is 5.76 Å². The van der Waals surface area contributed by atoms with Gasteiger partial charge >= 0.3 is 11.9 Å². The molecule has 7 nitrogen and oxygen atoms in total. The Bertz CT molecular complexity index is 464. The monoisotopic (exact) mass is 255 g/mol. The molecule has 1 atom stereocenters. The van der Waals surface area contributed by atoms with Crippen molar-refractivity contribution in [1.29, 1.82) is 0 Å². The Hall–Kier alpha value is -2.31. The number of nitrogens with one attached hydrogen (secondary N) is 1. The van der Waals surface area contributed by atoms with E-state index < -0.39 is 23.9 Å². The van der Waals surface area contributed by atoms with Crippen molar-refractivity contribution in [2.75, 3.05) is 0 Å². The third kappa shape index (κ3) is 3.62. The van der Waals surface area contributed by atoms with Crippen LogP contribution in [0.1, 0.15) is 29.0 Å². The lowest BCUT2D eigenvalue weighted by molar-refractivity contribution is -0.140. The lowest BCUT2D eigenvalue weighted by Gasteiger charge is -2.12. The minimum absolute atomic E-state index is 0.0246. The number of rotatable bonds is 6. The van der Waals surface area contributed by atoms with Crippen LogP contribution in [0, 0.1) is 6.92 Å². The molecule has 0 unspecified atom stereocenters. The average Bonchev–Trinajstić information content (AvgIpc) is 2.69. The zero-order valence-electron chi connectivity index (χ0n) is 9.67. The number of hydrogen-bond acceptors (Lipinski definition) is 4. The summed E-state index contributed by atoms with van der Waals surface area (Å²) in [5, 5.41) is 19.6. The van der Waals surface area contributed by atoms with E-state index in [1.807, 2.05) is 0 Å². The highest BCUT2D eigenvalue weighted by molar-refractivity contribution is 5.95. The van der Waals surface area contributed by atoms with Crippen LogP contribution in [-0.2, 0) is 9.59 Å². The van der Waals surface area contributed by atoms with Crippen molar-refractivity contribution in [3.63, 3.8) is 0 Å². The molecule has 7 heteroatoms. The molecule has 1 aromatic rings. The van der Waals surface area contributed by atoms with Crippen LogP contribution in [0.15, 0.2) is 16.7 Å². The van der Waals surface area contributed by atoms with Crippen molar-refractivity contribution in [2.24, 2.45) is 0 Å². The Labute approximate surface area is 102 Å². The van der Waals surface area contributed by atoms with E-state index in [1.165, 1.54) is 6.26 Å². The van der Waals surface area contributed by atoms with Gasteiger partial charge in [-0.25, -0.2) is 4.79 Å². The van der Waals surface area contributed by atoms with Gasteiger partial charge in [-0.3, -0.25) is 9.59 Å². The van der Waals surface area contributed by atoms with E-state index in [1.54, 1.807) is 13.0 Å². The summed E-state index contributed by atoms with van der Waals surface area (Å²) in [6, 6.07) is 0.320. The molecule has 0 aromatic carbocycles. The molecule has 1 heterocycles. The second-order valence-corrected chi connectivity index (χ2v) is 3.73. The van der Waals surface area contributed by atoms with Crippen LogP contribution in [0.25, 0.3) is 0 Å². The largest absolute Gasteiger partial charge is 0.481 e. The minimum atomic E-state index is -1.28. The molecular weight excluding hydrogens is 242 g/mol.